The van der Waals surface area contributed by atoms with Gasteiger partial charge in [-0.2, -0.15) is 0 Å². The number of anilines is 1. The molecule has 0 aliphatic rings. The average molecular weight is 320 g/mol. The first-order valence-electron chi connectivity index (χ1n) is 4.88. The molecule has 7 heteroatoms. The predicted octanol–water partition coefficient (Wildman–Crippen LogP) is 3.31. The molecule has 1 aromatic rings. The highest BCUT2D eigenvalue weighted by molar-refractivity contribution is 9.10. The van der Waals surface area contributed by atoms with E-state index in [0.717, 1.165) is 9.50 Å². The summed E-state index contributed by atoms with van der Waals surface area (Å²) in [6.07, 6.45) is 2.92. The quantitative estimate of drug-likeness (QED) is 0.669. The number of hydrogen-bond acceptors (Lipinski definition) is 5. The largest absolute Gasteiger partial charge is 0.444 e. The monoisotopic (exact) mass is 319 g/mol. The van der Waals surface area contributed by atoms with E-state index in [-0.39, 0.29) is 5.95 Å². The second kappa shape index (κ2) is 5.68. The van der Waals surface area contributed by atoms with Gasteiger partial charge in [-0.25, -0.2) is 14.8 Å². The number of hydrogen-bond donors (Lipinski definition) is 1. The molecule has 5 nitrogen and oxygen atoms in total. The lowest BCUT2D eigenvalue weighted by atomic mass is 10.2. The van der Waals surface area contributed by atoms with Gasteiger partial charge in [-0.1, -0.05) is 0 Å². The van der Waals surface area contributed by atoms with Crippen LogP contribution < -0.4 is 5.32 Å². The van der Waals surface area contributed by atoms with Gasteiger partial charge in [0.05, 0.1) is 4.47 Å². The lowest BCUT2D eigenvalue weighted by Crippen LogP contribution is -2.27. The highest BCUT2D eigenvalue weighted by Gasteiger charge is 2.17. The fraction of sp³-hybridized carbons (Fsp3) is 0.500. The Balaban J connectivity index is 2.72. The van der Waals surface area contributed by atoms with Crippen molar-refractivity contribution >= 4 is 39.7 Å². The zero-order chi connectivity index (χ0) is 13.1. The molecule has 0 aliphatic carbocycles. The van der Waals surface area contributed by atoms with Gasteiger partial charge < -0.3 is 4.74 Å². The van der Waals surface area contributed by atoms with Crippen molar-refractivity contribution in [2.45, 2.75) is 31.4 Å². The van der Waals surface area contributed by atoms with E-state index in [9.17, 15) is 4.79 Å². The lowest BCUT2D eigenvalue weighted by molar-refractivity contribution is 0.0634. The Kier molecular flexibility index (Phi) is 4.76. The van der Waals surface area contributed by atoms with Crippen molar-refractivity contribution in [3.05, 3.63) is 10.7 Å². The maximum atomic E-state index is 11.5. The van der Waals surface area contributed by atoms with Gasteiger partial charge >= 0.3 is 6.09 Å². The van der Waals surface area contributed by atoms with E-state index in [1.54, 1.807) is 27.0 Å². The molecule has 94 valence electrons. The van der Waals surface area contributed by atoms with Crippen LogP contribution in [0.2, 0.25) is 0 Å². The lowest BCUT2D eigenvalue weighted by Gasteiger charge is -2.19. The van der Waals surface area contributed by atoms with Gasteiger partial charge in [-0.15, -0.1) is 11.8 Å². The summed E-state index contributed by atoms with van der Waals surface area (Å²) in [5.74, 6) is 0.229. The maximum absolute atomic E-state index is 11.5. The molecule has 0 aromatic carbocycles. The molecule has 0 radical (unpaired) electrons. The molecule has 17 heavy (non-hydrogen) atoms. The molecule has 0 spiro atoms. The van der Waals surface area contributed by atoms with E-state index in [2.05, 4.69) is 31.2 Å². The number of nitrogens with zero attached hydrogens (tertiary/aromatic N) is 2. The van der Waals surface area contributed by atoms with E-state index < -0.39 is 11.7 Å². The molecule has 0 saturated carbocycles. The second-order valence-corrected chi connectivity index (χ2v) is 5.83. The topological polar surface area (TPSA) is 64.1 Å². The second-order valence-electron chi connectivity index (χ2n) is 4.18. The number of aromatic nitrogens is 2. The number of amides is 1. The van der Waals surface area contributed by atoms with Gasteiger partial charge in [-0.3, -0.25) is 5.32 Å². The number of carbonyl (C=O) groups is 1. The van der Waals surface area contributed by atoms with Gasteiger partial charge in [0.15, 0.2) is 0 Å². The Hall–Kier alpha value is -0.820. The van der Waals surface area contributed by atoms with E-state index in [4.69, 9.17) is 4.74 Å². The van der Waals surface area contributed by atoms with E-state index in [0.29, 0.717) is 0 Å². The highest BCUT2D eigenvalue weighted by atomic mass is 79.9. The Labute approximate surface area is 113 Å². The van der Waals surface area contributed by atoms with Crippen LogP contribution in [-0.4, -0.2) is 27.9 Å². The average Bonchev–Trinajstić information content (AvgIpc) is 2.18. The van der Waals surface area contributed by atoms with Crippen LogP contribution in [0.15, 0.2) is 15.7 Å². The van der Waals surface area contributed by atoms with Crippen molar-refractivity contribution < 1.29 is 9.53 Å². The summed E-state index contributed by atoms with van der Waals surface area (Å²) < 4.78 is 5.89. The number of carbonyl (C=O) groups excluding carboxylic acids is 1. The molecule has 1 heterocycles. The fourth-order valence-corrected chi connectivity index (χ4v) is 2.05. The van der Waals surface area contributed by atoms with Crippen LogP contribution in [0.25, 0.3) is 0 Å². The van der Waals surface area contributed by atoms with Gasteiger partial charge in [-0.05, 0) is 43.0 Å². The minimum Gasteiger partial charge on any atom is -0.444 e. The summed E-state index contributed by atoms with van der Waals surface area (Å²) in [4.78, 5) is 19.6. The summed E-state index contributed by atoms with van der Waals surface area (Å²) in [6, 6.07) is 0. The van der Waals surface area contributed by atoms with Crippen LogP contribution in [0, 0.1) is 0 Å². The molecule has 0 bridgehead atoms. The van der Waals surface area contributed by atoms with E-state index >= 15 is 0 Å². The van der Waals surface area contributed by atoms with Crippen LogP contribution in [0.5, 0.6) is 0 Å². The van der Waals surface area contributed by atoms with Crippen molar-refractivity contribution in [2.24, 2.45) is 0 Å². The molecule has 1 N–H and O–H groups in total. The Morgan fingerprint density at radius 1 is 1.53 bits per heavy atom. The molecule has 0 fully saturated rings. The minimum atomic E-state index is -0.563. The Bertz CT molecular complexity index is 421. The summed E-state index contributed by atoms with van der Waals surface area (Å²) in [5, 5.41) is 3.24. The number of nitrogens with one attached hydrogen (secondary N) is 1. The maximum Gasteiger partial charge on any atom is 0.414 e. The van der Waals surface area contributed by atoms with Crippen molar-refractivity contribution in [3.8, 4) is 0 Å². The third-order valence-corrected chi connectivity index (χ3v) is 3.06. The highest BCUT2D eigenvalue weighted by Crippen LogP contribution is 2.23. The molecule has 1 aromatic heterocycles. The first-order valence-corrected chi connectivity index (χ1v) is 6.90. The number of rotatable bonds is 2. The third kappa shape index (κ3) is 4.91. The number of halogens is 1. The first kappa shape index (κ1) is 14.2. The van der Waals surface area contributed by atoms with Crippen molar-refractivity contribution in [1.82, 2.24) is 9.97 Å². The van der Waals surface area contributed by atoms with Crippen LogP contribution >= 0.6 is 27.7 Å². The van der Waals surface area contributed by atoms with E-state index in [1.807, 2.05) is 6.26 Å². The Morgan fingerprint density at radius 2 is 2.18 bits per heavy atom. The molecular formula is C10H14BrN3O2S. The van der Waals surface area contributed by atoms with Gasteiger partial charge in [0.1, 0.15) is 10.6 Å². The summed E-state index contributed by atoms with van der Waals surface area (Å²) in [7, 11) is 0. The van der Waals surface area contributed by atoms with Crippen LogP contribution in [0.4, 0.5) is 10.7 Å². The zero-order valence-corrected chi connectivity index (χ0v) is 12.5. The molecule has 0 atom stereocenters. The molecular weight excluding hydrogens is 306 g/mol. The van der Waals surface area contributed by atoms with Crippen molar-refractivity contribution in [3.63, 3.8) is 0 Å². The molecule has 0 unspecified atom stereocenters. The summed E-state index contributed by atoms with van der Waals surface area (Å²) in [6.45, 7) is 5.38. The standard InChI is InChI=1S/C10H14BrN3O2S/c1-10(2,3)16-9(15)14-8-12-5-6(11)7(13-8)17-4/h5H,1-4H3,(H,12,13,14,15). The normalized spacial score (nSPS) is 11.1. The first-order chi connectivity index (χ1) is 7.81. The zero-order valence-electron chi connectivity index (χ0n) is 10.1. The van der Waals surface area contributed by atoms with E-state index in [1.165, 1.54) is 11.8 Å². The van der Waals surface area contributed by atoms with Crippen LogP contribution in [0.1, 0.15) is 20.8 Å². The van der Waals surface area contributed by atoms with Gasteiger partial charge in [0, 0.05) is 6.20 Å². The van der Waals surface area contributed by atoms with Gasteiger partial charge in [0.2, 0.25) is 5.95 Å². The Morgan fingerprint density at radius 3 is 2.71 bits per heavy atom. The summed E-state index contributed by atoms with van der Waals surface area (Å²) >= 11 is 4.78. The van der Waals surface area contributed by atoms with Crippen LogP contribution in [-0.2, 0) is 4.74 Å². The third-order valence-electron chi connectivity index (χ3n) is 1.52. The fourth-order valence-electron chi connectivity index (χ4n) is 0.950. The molecule has 1 rings (SSSR count). The van der Waals surface area contributed by atoms with Crippen molar-refractivity contribution in [2.75, 3.05) is 11.6 Å². The SMILES string of the molecule is CSc1nc(NC(=O)OC(C)(C)C)ncc1Br. The molecule has 1 amide bonds. The summed E-state index contributed by atoms with van der Waals surface area (Å²) in [5.41, 5.74) is -0.540. The smallest absolute Gasteiger partial charge is 0.414 e. The predicted molar refractivity (Wildman–Crippen MR) is 71.4 cm³/mol. The number of thioether (sulfide) groups is 1. The van der Waals surface area contributed by atoms with Crippen molar-refractivity contribution in [1.29, 1.82) is 0 Å². The molecule has 0 aliphatic heterocycles. The van der Waals surface area contributed by atoms with Crippen LogP contribution in [0.3, 0.4) is 0 Å². The number of ether oxygens (including phenoxy) is 1. The minimum absolute atomic E-state index is 0.229. The molecule has 0 saturated heterocycles. The van der Waals surface area contributed by atoms with Gasteiger partial charge in [0.25, 0.3) is 0 Å².